The lowest BCUT2D eigenvalue weighted by Gasteiger charge is -2.16. The minimum absolute atomic E-state index is 0.110. The molecule has 1 unspecified atom stereocenters. The number of hydrogen-bond acceptors (Lipinski definition) is 3. The van der Waals surface area contributed by atoms with E-state index in [-0.39, 0.29) is 11.9 Å². The minimum atomic E-state index is -0.262. The molecule has 19 heavy (non-hydrogen) atoms. The van der Waals surface area contributed by atoms with Gasteiger partial charge in [0.1, 0.15) is 5.82 Å². The fourth-order valence-corrected chi connectivity index (χ4v) is 2.42. The number of nitrogens with zero attached hydrogens (tertiary/aromatic N) is 1. The van der Waals surface area contributed by atoms with Crippen molar-refractivity contribution in [1.82, 2.24) is 10.4 Å². The highest BCUT2D eigenvalue weighted by Gasteiger charge is 2.14. The Morgan fingerprint density at radius 3 is 2.79 bits per heavy atom. The number of nitrogens with one attached hydrogen (secondary N) is 1. The first-order valence-electron chi connectivity index (χ1n) is 5.92. The molecule has 3 N–H and O–H groups in total. The number of nitrogens with two attached hydrogens (primary N) is 1. The molecular weight excluding hydrogens is 309 g/mol. The van der Waals surface area contributed by atoms with Crippen LogP contribution in [0.4, 0.5) is 4.39 Å². The Balaban J connectivity index is 2.24. The van der Waals surface area contributed by atoms with Crippen molar-refractivity contribution in [2.75, 3.05) is 0 Å². The van der Waals surface area contributed by atoms with E-state index in [1.807, 2.05) is 19.1 Å². The molecular formula is C14H15BrFN3. The highest BCUT2D eigenvalue weighted by molar-refractivity contribution is 9.10. The van der Waals surface area contributed by atoms with E-state index in [0.717, 1.165) is 21.3 Å². The smallest absolute Gasteiger partial charge is 0.124 e. The Bertz CT molecular complexity index is 574. The maximum Gasteiger partial charge on any atom is 0.124 e. The van der Waals surface area contributed by atoms with Gasteiger partial charge in [-0.2, -0.15) is 0 Å². The van der Waals surface area contributed by atoms with Gasteiger partial charge in [0, 0.05) is 10.7 Å². The summed E-state index contributed by atoms with van der Waals surface area (Å²) >= 11 is 3.36. The molecule has 1 aromatic carbocycles. The Kier molecular flexibility index (Phi) is 4.63. The molecule has 0 fully saturated rings. The second-order valence-electron chi connectivity index (χ2n) is 4.42. The Hall–Kier alpha value is -1.30. The van der Waals surface area contributed by atoms with E-state index in [2.05, 4.69) is 26.3 Å². The number of aryl methyl sites for hydroxylation is 1. The van der Waals surface area contributed by atoms with Gasteiger partial charge in [0.05, 0.1) is 11.7 Å². The lowest BCUT2D eigenvalue weighted by atomic mass is 10.0. The molecule has 3 nitrogen and oxygen atoms in total. The van der Waals surface area contributed by atoms with Crippen LogP contribution in [-0.4, -0.2) is 4.98 Å². The molecule has 2 rings (SSSR count). The molecule has 0 saturated carbocycles. The first-order valence-corrected chi connectivity index (χ1v) is 6.72. The second-order valence-corrected chi connectivity index (χ2v) is 5.27. The van der Waals surface area contributed by atoms with E-state index in [9.17, 15) is 4.39 Å². The molecule has 0 saturated heterocycles. The van der Waals surface area contributed by atoms with Crippen LogP contribution in [0.25, 0.3) is 0 Å². The van der Waals surface area contributed by atoms with E-state index in [1.165, 1.54) is 12.1 Å². The maximum absolute atomic E-state index is 13.1. The zero-order chi connectivity index (χ0) is 13.8. The molecule has 0 aliphatic carbocycles. The van der Waals surface area contributed by atoms with Crippen molar-refractivity contribution < 1.29 is 4.39 Å². The molecule has 1 heterocycles. The maximum atomic E-state index is 13.1. The monoisotopic (exact) mass is 323 g/mol. The number of halogens is 2. The zero-order valence-corrected chi connectivity index (χ0v) is 12.1. The molecule has 100 valence electrons. The normalized spacial score (nSPS) is 12.4. The van der Waals surface area contributed by atoms with Gasteiger partial charge >= 0.3 is 0 Å². The number of hydrazine groups is 1. The fourth-order valence-electron chi connectivity index (χ4n) is 1.91. The van der Waals surface area contributed by atoms with Gasteiger partial charge in [-0.15, -0.1) is 0 Å². The number of aromatic nitrogens is 1. The number of benzene rings is 1. The Labute approximate surface area is 120 Å². The zero-order valence-electron chi connectivity index (χ0n) is 10.5. The number of pyridine rings is 1. The van der Waals surface area contributed by atoms with Crippen molar-refractivity contribution in [2.45, 2.75) is 19.4 Å². The van der Waals surface area contributed by atoms with Crippen molar-refractivity contribution in [2.24, 2.45) is 5.84 Å². The molecule has 0 spiro atoms. The van der Waals surface area contributed by atoms with Gasteiger partial charge in [0.2, 0.25) is 0 Å². The van der Waals surface area contributed by atoms with Crippen molar-refractivity contribution in [3.63, 3.8) is 0 Å². The second kappa shape index (κ2) is 6.23. The quantitative estimate of drug-likeness (QED) is 0.671. The van der Waals surface area contributed by atoms with E-state index in [4.69, 9.17) is 5.84 Å². The van der Waals surface area contributed by atoms with Crippen molar-refractivity contribution >= 4 is 15.9 Å². The van der Waals surface area contributed by atoms with Gasteiger partial charge in [0.15, 0.2) is 0 Å². The van der Waals surface area contributed by atoms with Crippen LogP contribution in [0.3, 0.4) is 0 Å². The van der Waals surface area contributed by atoms with Crippen LogP contribution in [0.5, 0.6) is 0 Å². The third kappa shape index (κ3) is 3.59. The molecule has 0 bridgehead atoms. The highest BCUT2D eigenvalue weighted by atomic mass is 79.9. The summed E-state index contributed by atoms with van der Waals surface area (Å²) in [5.74, 6) is 5.34. The molecule has 5 heteroatoms. The summed E-state index contributed by atoms with van der Waals surface area (Å²) in [6.07, 6.45) is 2.39. The Morgan fingerprint density at radius 2 is 2.16 bits per heavy atom. The standard InChI is InChI=1S/C14H15BrFN3/c1-9-4-5-18-13(6-9)14(19-17)7-10-2-3-11(16)8-12(10)15/h2-6,8,14,19H,7,17H2,1H3. The lowest BCUT2D eigenvalue weighted by molar-refractivity contribution is 0.536. The van der Waals surface area contributed by atoms with Gasteiger partial charge in [0.25, 0.3) is 0 Å². The van der Waals surface area contributed by atoms with E-state index < -0.39 is 0 Å². The topological polar surface area (TPSA) is 50.9 Å². The molecule has 0 radical (unpaired) electrons. The first-order chi connectivity index (χ1) is 9.10. The van der Waals surface area contributed by atoms with E-state index in [1.54, 1.807) is 12.3 Å². The van der Waals surface area contributed by atoms with E-state index >= 15 is 0 Å². The third-order valence-electron chi connectivity index (χ3n) is 2.93. The van der Waals surface area contributed by atoms with Crippen LogP contribution < -0.4 is 11.3 Å². The van der Waals surface area contributed by atoms with Gasteiger partial charge in [-0.1, -0.05) is 22.0 Å². The minimum Gasteiger partial charge on any atom is -0.271 e. The first kappa shape index (κ1) is 14.1. The van der Waals surface area contributed by atoms with Gasteiger partial charge < -0.3 is 0 Å². The molecule has 1 atom stereocenters. The average molecular weight is 324 g/mol. The highest BCUT2D eigenvalue weighted by Crippen LogP contribution is 2.23. The summed E-state index contributed by atoms with van der Waals surface area (Å²) < 4.78 is 13.8. The fraction of sp³-hybridized carbons (Fsp3) is 0.214. The third-order valence-corrected chi connectivity index (χ3v) is 3.67. The molecule has 0 aliphatic rings. The number of hydrogen-bond donors (Lipinski definition) is 2. The van der Waals surface area contributed by atoms with Crippen LogP contribution in [0, 0.1) is 12.7 Å². The Morgan fingerprint density at radius 1 is 1.37 bits per heavy atom. The predicted molar refractivity (Wildman–Crippen MR) is 76.8 cm³/mol. The van der Waals surface area contributed by atoms with Gasteiger partial charge in [-0.05, 0) is 48.7 Å². The van der Waals surface area contributed by atoms with Crippen LogP contribution in [0.1, 0.15) is 22.9 Å². The van der Waals surface area contributed by atoms with Gasteiger partial charge in [-0.3, -0.25) is 16.3 Å². The molecule has 0 aliphatic heterocycles. The summed E-state index contributed by atoms with van der Waals surface area (Å²) in [6, 6.07) is 8.46. The number of rotatable bonds is 4. The van der Waals surface area contributed by atoms with Crippen LogP contribution >= 0.6 is 15.9 Å². The van der Waals surface area contributed by atoms with E-state index in [0.29, 0.717) is 6.42 Å². The van der Waals surface area contributed by atoms with Crippen molar-refractivity contribution in [3.05, 3.63) is 63.6 Å². The summed E-state index contributed by atoms with van der Waals surface area (Å²) in [5, 5.41) is 0. The average Bonchev–Trinajstić information content (AvgIpc) is 2.38. The summed E-state index contributed by atoms with van der Waals surface area (Å²) in [7, 11) is 0. The summed E-state index contributed by atoms with van der Waals surface area (Å²) in [4.78, 5) is 4.32. The SMILES string of the molecule is Cc1ccnc(C(Cc2ccc(F)cc2Br)NN)c1. The molecule has 1 aromatic heterocycles. The molecule has 0 amide bonds. The lowest BCUT2D eigenvalue weighted by Crippen LogP contribution is -2.30. The van der Waals surface area contributed by atoms with Crippen LogP contribution in [-0.2, 0) is 6.42 Å². The molecule has 2 aromatic rings. The summed E-state index contributed by atoms with van der Waals surface area (Å²) in [5.41, 5.74) is 5.74. The predicted octanol–water partition coefficient (Wildman–Crippen LogP) is 3.04. The largest absolute Gasteiger partial charge is 0.271 e. The van der Waals surface area contributed by atoms with Crippen LogP contribution in [0.15, 0.2) is 41.0 Å². The van der Waals surface area contributed by atoms with Crippen molar-refractivity contribution in [3.8, 4) is 0 Å². The van der Waals surface area contributed by atoms with Crippen LogP contribution in [0.2, 0.25) is 0 Å². The summed E-state index contributed by atoms with van der Waals surface area (Å²) in [6.45, 7) is 2.01. The van der Waals surface area contributed by atoms with Crippen molar-refractivity contribution in [1.29, 1.82) is 0 Å². The van der Waals surface area contributed by atoms with Gasteiger partial charge in [-0.25, -0.2) is 4.39 Å².